The van der Waals surface area contributed by atoms with Crippen molar-refractivity contribution in [1.29, 1.82) is 0 Å². The van der Waals surface area contributed by atoms with E-state index in [0.29, 0.717) is 5.69 Å². The summed E-state index contributed by atoms with van der Waals surface area (Å²) in [5.41, 5.74) is 1.78. The fraction of sp³-hybridized carbons (Fsp3) is 0.471. The number of benzene rings is 1. The number of rotatable bonds is 6. The van der Waals surface area contributed by atoms with E-state index in [-0.39, 0.29) is 11.4 Å². The van der Waals surface area contributed by atoms with E-state index in [0.717, 1.165) is 50.8 Å². The zero-order valence-corrected chi connectivity index (χ0v) is 15.1. The Morgan fingerprint density at radius 1 is 1.28 bits per heavy atom. The average molecular weight is 366 g/mol. The molecule has 0 saturated carbocycles. The van der Waals surface area contributed by atoms with Crippen molar-refractivity contribution in [1.82, 2.24) is 19.4 Å². The molecule has 0 bridgehead atoms. The van der Waals surface area contributed by atoms with Gasteiger partial charge >= 0.3 is 0 Å². The SMILES string of the molecule is CCCN1CCCn2nc(CNS(=O)(=O)c3cccc(F)c3)cc2C1. The molecular formula is C17H23FN4O2S. The number of sulfonamides is 1. The van der Waals surface area contributed by atoms with Crippen LogP contribution in [0.2, 0.25) is 0 Å². The molecule has 136 valence electrons. The minimum absolute atomic E-state index is 0.0811. The van der Waals surface area contributed by atoms with E-state index in [4.69, 9.17) is 0 Å². The third kappa shape index (κ3) is 4.45. The molecule has 0 atom stereocenters. The highest BCUT2D eigenvalue weighted by Gasteiger charge is 2.18. The van der Waals surface area contributed by atoms with E-state index < -0.39 is 15.8 Å². The molecule has 0 saturated heterocycles. The Hall–Kier alpha value is -1.77. The summed E-state index contributed by atoms with van der Waals surface area (Å²) < 4.78 is 42.2. The normalized spacial score (nSPS) is 15.8. The third-order valence-corrected chi connectivity index (χ3v) is 5.63. The maximum absolute atomic E-state index is 13.2. The number of hydrogen-bond acceptors (Lipinski definition) is 4. The van der Waals surface area contributed by atoms with Crippen molar-refractivity contribution in [3.8, 4) is 0 Å². The van der Waals surface area contributed by atoms with Crippen molar-refractivity contribution in [2.45, 2.75) is 44.3 Å². The molecule has 0 unspecified atom stereocenters. The first-order chi connectivity index (χ1) is 12.0. The van der Waals surface area contributed by atoms with Gasteiger partial charge in [-0.1, -0.05) is 13.0 Å². The average Bonchev–Trinajstić information content (AvgIpc) is 2.86. The highest BCUT2D eigenvalue weighted by molar-refractivity contribution is 7.89. The van der Waals surface area contributed by atoms with Crippen LogP contribution in [0.25, 0.3) is 0 Å². The molecule has 1 aromatic carbocycles. The maximum Gasteiger partial charge on any atom is 0.241 e. The quantitative estimate of drug-likeness (QED) is 0.850. The van der Waals surface area contributed by atoms with Gasteiger partial charge in [0.15, 0.2) is 0 Å². The first-order valence-corrected chi connectivity index (χ1v) is 9.99. The topological polar surface area (TPSA) is 67.2 Å². The maximum atomic E-state index is 13.2. The largest absolute Gasteiger partial charge is 0.297 e. The highest BCUT2D eigenvalue weighted by Crippen LogP contribution is 2.15. The predicted molar refractivity (Wildman–Crippen MR) is 92.8 cm³/mol. The number of aromatic nitrogens is 2. The van der Waals surface area contributed by atoms with Gasteiger partial charge < -0.3 is 0 Å². The molecule has 2 heterocycles. The Morgan fingerprint density at radius 3 is 2.88 bits per heavy atom. The highest BCUT2D eigenvalue weighted by atomic mass is 32.2. The molecule has 1 aliphatic heterocycles. The number of halogens is 1. The van der Waals surface area contributed by atoms with Crippen LogP contribution in [0, 0.1) is 5.82 Å². The van der Waals surface area contributed by atoms with Crippen LogP contribution < -0.4 is 4.72 Å². The summed E-state index contributed by atoms with van der Waals surface area (Å²) in [5, 5.41) is 4.51. The molecule has 3 rings (SSSR count). The van der Waals surface area contributed by atoms with Crippen LogP contribution in [-0.4, -0.2) is 36.2 Å². The number of fused-ring (bicyclic) bond motifs is 1. The fourth-order valence-electron chi connectivity index (χ4n) is 3.07. The van der Waals surface area contributed by atoms with E-state index >= 15 is 0 Å². The number of aryl methyl sites for hydroxylation is 1. The van der Waals surface area contributed by atoms with Gasteiger partial charge in [0, 0.05) is 19.6 Å². The van der Waals surface area contributed by atoms with Gasteiger partial charge in [-0.15, -0.1) is 0 Å². The van der Waals surface area contributed by atoms with Crippen LogP contribution in [0.4, 0.5) is 4.39 Å². The summed E-state index contributed by atoms with van der Waals surface area (Å²) in [6.07, 6.45) is 2.14. The van der Waals surface area contributed by atoms with Gasteiger partial charge in [-0.3, -0.25) is 9.58 Å². The van der Waals surface area contributed by atoms with Crippen LogP contribution in [-0.2, 0) is 29.7 Å². The van der Waals surface area contributed by atoms with Crippen molar-refractivity contribution in [2.24, 2.45) is 0 Å². The number of nitrogens with one attached hydrogen (secondary N) is 1. The number of hydrogen-bond donors (Lipinski definition) is 1. The van der Waals surface area contributed by atoms with Crippen molar-refractivity contribution in [3.05, 3.63) is 47.5 Å². The van der Waals surface area contributed by atoms with Gasteiger partial charge in [0.05, 0.1) is 22.8 Å². The Labute approximate surface area is 147 Å². The second-order valence-corrected chi connectivity index (χ2v) is 8.03. The lowest BCUT2D eigenvalue weighted by atomic mass is 10.3. The van der Waals surface area contributed by atoms with E-state index in [1.807, 2.05) is 10.7 Å². The Balaban J connectivity index is 1.69. The molecule has 1 aromatic heterocycles. The molecule has 0 spiro atoms. The van der Waals surface area contributed by atoms with Gasteiger partial charge in [0.25, 0.3) is 0 Å². The Kier molecular flexibility index (Phi) is 5.51. The van der Waals surface area contributed by atoms with Gasteiger partial charge in [0.2, 0.25) is 10.0 Å². The fourth-order valence-corrected chi connectivity index (χ4v) is 4.10. The Morgan fingerprint density at radius 2 is 2.12 bits per heavy atom. The summed E-state index contributed by atoms with van der Waals surface area (Å²) in [7, 11) is -3.76. The summed E-state index contributed by atoms with van der Waals surface area (Å²) in [5.74, 6) is -0.576. The van der Waals surface area contributed by atoms with Gasteiger partial charge in [-0.05, 0) is 43.7 Å². The monoisotopic (exact) mass is 366 g/mol. The van der Waals surface area contributed by atoms with E-state index in [1.54, 1.807) is 0 Å². The third-order valence-electron chi connectivity index (χ3n) is 4.23. The molecule has 6 nitrogen and oxygen atoms in total. The standard InChI is InChI=1S/C17H23FN4O2S/c1-2-7-21-8-4-9-22-16(13-21)11-15(20-22)12-19-25(23,24)17-6-3-5-14(18)10-17/h3,5-6,10-11,19H,2,4,7-9,12-13H2,1H3. The minimum Gasteiger partial charge on any atom is -0.297 e. The summed E-state index contributed by atoms with van der Waals surface area (Å²) in [4.78, 5) is 2.31. The smallest absolute Gasteiger partial charge is 0.241 e. The van der Waals surface area contributed by atoms with E-state index in [1.165, 1.54) is 18.2 Å². The van der Waals surface area contributed by atoms with Gasteiger partial charge in [-0.2, -0.15) is 5.10 Å². The molecule has 0 radical (unpaired) electrons. The molecule has 2 aromatic rings. The van der Waals surface area contributed by atoms with Crippen molar-refractivity contribution in [3.63, 3.8) is 0 Å². The van der Waals surface area contributed by atoms with Crippen LogP contribution in [0.5, 0.6) is 0 Å². The molecule has 8 heteroatoms. The Bertz CT molecular complexity index is 835. The van der Waals surface area contributed by atoms with Crippen molar-refractivity contribution >= 4 is 10.0 Å². The lowest BCUT2D eigenvalue weighted by molar-refractivity contribution is 0.270. The first-order valence-electron chi connectivity index (χ1n) is 8.51. The second-order valence-electron chi connectivity index (χ2n) is 6.26. The zero-order chi connectivity index (χ0) is 17.9. The molecule has 0 amide bonds. The van der Waals surface area contributed by atoms with Crippen LogP contribution in [0.1, 0.15) is 31.2 Å². The molecule has 0 aliphatic carbocycles. The summed E-state index contributed by atoms with van der Waals surface area (Å²) >= 11 is 0. The van der Waals surface area contributed by atoms with E-state index in [9.17, 15) is 12.8 Å². The molecule has 25 heavy (non-hydrogen) atoms. The molecular weight excluding hydrogens is 343 g/mol. The van der Waals surface area contributed by atoms with Crippen LogP contribution in [0.15, 0.2) is 35.2 Å². The van der Waals surface area contributed by atoms with E-state index in [2.05, 4.69) is 21.6 Å². The summed E-state index contributed by atoms with van der Waals surface area (Å²) in [6.45, 7) is 6.02. The van der Waals surface area contributed by atoms with Crippen LogP contribution >= 0.6 is 0 Å². The summed E-state index contributed by atoms with van der Waals surface area (Å²) in [6, 6.07) is 6.92. The first kappa shape index (κ1) is 18.0. The molecule has 1 aliphatic rings. The van der Waals surface area contributed by atoms with Gasteiger partial charge in [-0.25, -0.2) is 17.5 Å². The van der Waals surface area contributed by atoms with Gasteiger partial charge in [0.1, 0.15) is 5.82 Å². The zero-order valence-electron chi connectivity index (χ0n) is 14.3. The number of nitrogens with zero attached hydrogens (tertiary/aromatic N) is 3. The predicted octanol–water partition coefficient (Wildman–Crippen LogP) is 2.12. The lowest BCUT2D eigenvalue weighted by Gasteiger charge is -2.17. The lowest BCUT2D eigenvalue weighted by Crippen LogP contribution is -2.24. The minimum atomic E-state index is -3.76. The van der Waals surface area contributed by atoms with Crippen LogP contribution in [0.3, 0.4) is 0 Å². The van der Waals surface area contributed by atoms with Crippen molar-refractivity contribution in [2.75, 3.05) is 13.1 Å². The molecule has 0 fully saturated rings. The molecule has 1 N–H and O–H groups in total. The second kappa shape index (κ2) is 7.63. The van der Waals surface area contributed by atoms with Crippen molar-refractivity contribution < 1.29 is 12.8 Å².